The highest BCUT2D eigenvalue weighted by Gasteiger charge is 2.31. The predicted octanol–water partition coefficient (Wildman–Crippen LogP) is 8.25. The van der Waals surface area contributed by atoms with Gasteiger partial charge in [-0.25, -0.2) is 20.0 Å². The lowest BCUT2D eigenvalue weighted by molar-refractivity contribution is -0.149. The summed E-state index contributed by atoms with van der Waals surface area (Å²) in [4.78, 5) is 25.0. The molecule has 0 spiro atoms. The number of aromatic nitrogens is 4. The van der Waals surface area contributed by atoms with Gasteiger partial charge < -0.3 is 24.3 Å². The number of imidazole rings is 1. The van der Waals surface area contributed by atoms with Gasteiger partial charge in [-0.05, 0) is 39.9 Å². The van der Waals surface area contributed by atoms with Crippen LogP contribution >= 0.6 is 7.52 Å². The van der Waals surface area contributed by atoms with Gasteiger partial charge in [-0.2, -0.15) is 0 Å². The number of nitrogen functional groups attached to an aromatic ring is 1. The number of nitrogens with two attached hydrogens (primary N) is 1. The van der Waals surface area contributed by atoms with E-state index in [2.05, 4.69) is 27.0 Å². The predicted molar refractivity (Wildman–Crippen MR) is 207 cm³/mol. The molecule has 14 heteroatoms. The molecule has 0 aromatic carbocycles. The van der Waals surface area contributed by atoms with Gasteiger partial charge in [0, 0.05) is 5.75 Å². The first-order valence-electron chi connectivity index (χ1n) is 18.6. The summed E-state index contributed by atoms with van der Waals surface area (Å²) in [6.45, 7) is 9.91. The number of rotatable bonds is 30. The lowest BCUT2D eigenvalue weighted by Crippen LogP contribution is -2.36. The van der Waals surface area contributed by atoms with E-state index in [0.717, 1.165) is 12.2 Å². The summed E-state index contributed by atoms with van der Waals surface area (Å²) in [5.74, 6) is 1.40. The van der Waals surface area contributed by atoms with Crippen LogP contribution in [0.3, 0.4) is 0 Å². The minimum atomic E-state index is -3.58. The average Bonchev–Trinajstić information content (AvgIpc) is 3.47. The van der Waals surface area contributed by atoms with E-state index in [-0.39, 0.29) is 34.6 Å². The van der Waals surface area contributed by atoms with Gasteiger partial charge in [0.15, 0.2) is 11.5 Å². The number of carbonyl (C=O) groups excluding carboxylic acids is 1. The van der Waals surface area contributed by atoms with Crippen LogP contribution < -0.4 is 10.8 Å². The zero-order valence-corrected chi connectivity index (χ0v) is 33.4. The van der Waals surface area contributed by atoms with Crippen molar-refractivity contribution < 1.29 is 23.4 Å². The summed E-state index contributed by atoms with van der Waals surface area (Å²) in [6, 6.07) is -0.837. The third-order valence-electron chi connectivity index (χ3n) is 8.34. The Morgan fingerprint density at radius 3 is 2.04 bits per heavy atom. The molecule has 4 atom stereocenters. The molecule has 2 unspecified atom stereocenters. The fourth-order valence-corrected chi connectivity index (χ4v) is 9.01. The Morgan fingerprint density at radius 2 is 1.47 bits per heavy atom. The normalized spacial score (nSPS) is 15.0. The van der Waals surface area contributed by atoms with E-state index in [1.165, 1.54) is 103 Å². The maximum atomic E-state index is 13.9. The van der Waals surface area contributed by atoms with Crippen molar-refractivity contribution in [2.75, 3.05) is 30.2 Å². The lowest BCUT2D eigenvalue weighted by Gasteiger charge is -2.25. The standard InChI is InChI=1S/C35H65N6O5PS2/c1-6-7-8-9-10-11-12-13-14-15-16-17-18-19-20-21-23-49(48)24-22-45-47(43,40-31(5)35(42)46-29(2)3)28-44-30(4)25-41-27-39-32-33(36)37-26-38-34(32)41/h26-27,29-31H,6-25,28H2,1-5H3,(H,40,43)(H2,36,37,38)/t30-,31+,47?,49?/m1/s1. The first-order valence-corrected chi connectivity index (χ1v) is 22.9. The third kappa shape index (κ3) is 19.1. The van der Waals surface area contributed by atoms with Crippen LogP contribution in [-0.2, 0) is 50.5 Å². The molecule has 11 nitrogen and oxygen atoms in total. The highest BCUT2D eigenvalue weighted by Crippen LogP contribution is 2.43. The first kappa shape index (κ1) is 43.7. The van der Waals surface area contributed by atoms with Crippen molar-refractivity contribution >= 4 is 51.1 Å². The van der Waals surface area contributed by atoms with Gasteiger partial charge in [-0.1, -0.05) is 114 Å². The van der Waals surface area contributed by atoms with Gasteiger partial charge in [0.2, 0.25) is 0 Å². The van der Waals surface area contributed by atoms with E-state index in [1.807, 2.05) is 11.5 Å². The maximum absolute atomic E-state index is 13.9. The maximum Gasteiger partial charge on any atom is 0.323 e. The summed E-state index contributed by atoms with van der Waals surface area (Å²) in [6.07, 6.45) is 23.6. The molecule has 49 heavy (non-hydrogen) atoms. The number of hydrogen-bond acceptors (Lipinski definition) is 10. The number of esters is 1. The number of hydrogen-bond donors (Lipinski definition) is 2. The zero-order valence-electron chi connectivity index (χ0n) is 30.9. The molecule has 0 saturated heterocycles. The van der Waals surface area contributed by atoms with Crippen LogP contribution in [0, 0.1) is 0 Å². The number of nitrogens with zero attached hydrogens (tertiary/aromatic N) is 4. The number of nitrogens with one attached hydrogen (secondary N) is 1. The topological polar surface area (TPSA) is 143 Å². The molecule has 0 aliphatic carbocycles. The van der Waals surface area contributed by atoms with Crippen LogP contribution in [-0.4, -0.2) is 68.2 Å². The highest BCUT2D eigenvalue weighted by molar-refractivity contribution is 8.28. The molecule has 282 valence electrons. The average molecular weight is 745 g/mol. The van der Waals surface area contributed by atoms with Gasteiger partial charge in [-0.15, -0.1) is 9.45 Å². The van der Waals surface area contributed by atoms with Crippen LogP contribution in [0.4, 0.5) is 5.82 Å². The van der Waals surface area contributed by atoms with Gasteiger partial charge in [-0.3, -0.25) is 9.36 Å². The van der Waals surface area contributed by atoms with E-state index in [9.17, 15) is 9.36 Å². The minimum absolute atomic E-state index is 0.221. The molecule has 0 radical (unpaired) electrons. The molecule has 2 rings (SSSR count). The fraction of sp³-hybridized carbons (Fsp3) is 0.829. The van der Waals surface area contributed by atoms with Crippen LogP contribution in [0.25, 0.3) is 11.2 Å². The van der Waals surface area contributed by atoms with E-state index >= 15 is 0 Å². The molecule has 3 N–H and O–H groups in total. The Morgan fingerprint density at radius 1 is 0.898 bits per heavy atom. The van der Waals surface area contributed by atoms with Crippen molar-refractivity contribution in [2.24, 2.45) is 0 Å². The quantitative estimate of drug-likeness (QED) is 0.0453. The largest absolute Gasteiger partial charge is 0.462 e. The number of fused-ring (bicyclic) bond motifs is 1. The number of unbranched alkanes of at least 4 members (excludes halogenated alkanes) is 15. The second kappa shape index (κ2) is 25.5. The number of ether oxygens (including phenoxy) is 2. The SMILES string of the molecule is CCCCCCCCCCCCCCCCCCS(=S)CCOP(=O)(CO[C@H](C)Cn1cnc2c(N)ncnc21)N[C@@H](C)C(=O)OC(C)C. The van der Waals surface area contributed by atoms with Crippen LogP contribution in [0.15, 0.2) is 12.7 Å². The van der Waals surface area contributed by atoms with Crippen molar-refractivity contribution in [3.05, 3.63) is 12.7 Å². The van der Waals surface area contributed by atoms with E-state index < -0.39 is 19.5 Å². The highest BCUT2D eigenvalue weighted by atomic mass is 32.8. The van der Waals surface area contributed by atoms with Gasteiger partial charge in [0.25, 0.3) is 7.52 Å². The van der Waals surface area contributed by atoms with Crippen molar-refractivity contribution in [3.63, 3.8) is 0 Å². The van der Waals surface area contributed by atoms with Crippen molar-refractivity contribution in [2.45, 2.75) is 162 Å². The molecule has 0 aliphatic rings. The van der Waals surface area contributed by atoms with Crippen LogP contribution in [0.2, 0.25) is 0 Å². The molecule has 2 aromatic rings. The third-order valence-corrected chi connectivity index (χ3v) is 12.6. The summed E-state index contributed by atoms with van der Waals surface area (Å²) in [5, 5.41) is 2.87. The second-order valence-electron chi connectivity index (χ2n) is 13.4. The molecule has 2 aromatic heterocycles. The summed E-state index contributed by atoms with van der Waals surface area (Å²) in [5.41, 5.74) is 7.01. The van der Waals surface area contributed by atoms with Gasteiger partial charge in [0.1, 0.15) is 24.2 Å². The Labute approximate surface area is 303 Å². The van der Waals surface area contributed by atoms with Crippen molar-refractivity contribution in [1.29, 1.82) is 0 Å². The van der Waals surface area contributed by atoms with E-state index in [4.69, 9.17) is 30.9 Å². The molecule has 2 heterocycles. The monoisotopic (exact) mass is 744 g/mol. The molecule has 0 fully saturated rings. The Kier molecular flexibility index (Phi) is 22.7. The molecule has 0 aliphatic heterocycles. The molecular weight excluding hydrogens is 680 g/mol. The van der Waals surface area contributed by atoms with Crippen LogP contribution in [0.1, 0.15) is 137 Å². The number of carbonyl (C=O) groups is 1. The molecular formula is C35H65N6O5PS2. The first-order chi connectivity index (χ1) is 23.5. The Balaban J connectivity index is 1.67. The number of anilines is 1. The molecule has 0 amide bonds. The van der Waals surface area contributed by atoms with Crippen molar-refractivity contribution in [3.8, 4) is 0 Å². The van der Waals surface area contributed by atoms with Crippen molar-refractivity contribution in [1.82, 2.24) is 24.6 Å². The smallest absolute Gasteiger partial charge is 0.323 e. The van der Waals surface area contributed by atoms with E-state index in [1.54, 1.807) is 27.1 Å². The Hall–Kier alpha value is -1.50. The molecule has 0 bridgehead atoms. The van der Waals surface area contributed by atoms with Crippen LogP contribution in [0.5, 0.6) is 0 Å². The van der Waals surface area contributed by atoms with Gasteiger partial charge >= 0.3 is 5.97 Å². The minimum Gasteiger partial charge on any atom is -0.462 e. The van der Waals surface area contributed by atoms with E-state index in [0.29, 0.717) is 29.3 Å². The zero-order chi connectivity index (χ0) is 35.9. The second-order valence-corrected chi connectivity index (χ2v) is 18.7. The fourth-order valence-electron chi connectivity index (χ4n) is 5.57. The Bertz CT molecular complexity index is 1270. The summed E-state index contributed by atoms with van der Waals surface area (Å²) < 4.78 is 33.0. The van der Waals surface area contributed by atoms with Gasteiger partial charge in [0.05, 0.1) is 31.7 Å². The summed E-state index contributed by atoms with van der Waals surface area (Å²) >= 11 is 5.73. The summed E-state index contributed by atoms with van der Waals surface area (Å²) in [7, 11) is -3.84. The lowest BCUT2D eigenvalue weighted by atomic mass is 10.0. The molecule has 0 saturated carbocycles.